The van der Waals surface area contributed by atoms with Gasteiger partial charge in [0, 0.05) is 13.0 Å². The summed E-state index contributed by atoms with van der Waals surface area (Å²) < 4.78 is 6.05. The van der Waals surface area contributed by atoms with Crippen LogP contribution >= 0.6 is 0 Å². The zero-order valence-corrected chi connectivity index (χ0v) is 15.9. The number of methoxy groups -OCH3 is 1. The Hall–Kier alpha value is -2.13. The molecule has 1 heterocycles. The first-order chi connectivity index (χ1) is 12.6. The second kappa shape index (κ2) is 6.55. The van der Waals surface area contributed by atoms with Crippen LogP contribution in [0.25, 0.3) is 0 Å². The van der Waals surface area contributed by atoms with Gasteiger partial charge in [-0.2, -0.15) is 5.10 Å². The Balaban J connectivity index is 1.88. The van der Waals surface area contributed by atoms with Crippen molar-refractivity contribution < 1.29 is 4.74 Å². The lowest BCUT2D eigenvalue weighted by Gasteiger charge is -2.53. The largest absolute Gasteiger partial charge is 0.376 e. The van der Waals surface area contributed by atoms with Crippen molar-refractivity contribution in [3.8, 4) is 0 Å². The zero-order valence-electron chi connectivity index (χ0n) is 15.9. The van der Waals surface area contributed by atoms with E-state index in [1.807, 2.05) is 7.11 Å². The molecule has 26 heavy (non-hydrogen) atoms. The van der Waals surface area contributed by atoms with Crippen LogP contribution in [0.15, 0.2) is 65.8 Å². The first-order valence-corrected chi connectivity index (χ1v) is 9.61. The molecule has 0 saturated heterocycles. The van der Waals surface area contributed by atoms with Crippen LogP contribution < -0.4 is 5.43 Å². The summed E-state index contributed by atoms with van der Waals surface area (Å²) in [5, 5.41) is 4.97. The van der Waals surface area contributed by atoms with Crippen molar-refractivity contribution in [2.24, 2.45) is 16.9 Å². The fourth-order valence-electron chi connectivity index (χ4n) is 5.08. The Kier molecular flexibility index (Phi) is 4.36. The summed E-state index contributed by atoms with van der Waals surface area (Å²) in [5.41, 5.74) is 6.60. The van der Waals surface area contributed by atoms with Crippen LogP contribution in [-0.2, 0) is 10.3 Å². The number of hydrazone groups is 1. The maximum absolute atomic E-state index is 6.05. The van der Waals surface area contributed by atoms with E-state index in [0.29, 0.717) is 11.8 Å². The van der Waals surface area contributed by atoms with E-state index in [9.17, 15) is 0 Å². The Morgan fingerprint density at radius 2 is 1.65 bits per heavy atom. The molecule has 0 amide bonds. The second-order valence-corrected chi connectivity index (χ2v) is 8.01. The van der Waals surface area contributed by atoms with Crippen LogP contribution in [0.5, 0.6) is 0 Å². The number of rotatable bonds is 4. The van der Waals surface area contributed by atoms with Crippen LogP contribution in [0.2, 0.25) is 0 Å². The van der Waals surface area contributed by atoms with E-state index < -0.39 is 0 Å². The van der Waals surface area contributed by atoms with Crippen molar-refractivity contribution in [2.75, 3.05) is 7.11 Å². The predicted molar refractivity (Wildman–Crippen MR) is 106 cm³/mol. The van der Waals surface area contributed by atoms with Crippen molar-refractivity contribution in [1.82, 2.24) is 5.43 Å². The first-order valence-electron chi connectivity index (χ1n) is 9.61. The Morgan fingerprint density at radius 3 is 2.31 bits per heavy atom. The zero-order chi connectivity index (χ0) is 18.2. The molecular weight excluding hydrogens is 320 g/mol. The normalized spacial score (nSPS) is 28.2. The van der Waals surface area contributed by atoms with Gasteiger partial charge < -0.3 is 4.74 Å². The lowest BCUT2D eigenvalue weighted by molar-refractivity contribution is -0.0942. The maximum atomic E-state index is 6.05. The van der Waals surface area contributed by atoms with Crippen LogP contribution in [0.4, 0.5) is 0 Å². The third-order valence-corrected chi connectivity index (χ3v) is 6.53. The van der Waals surface area contributed by atoms with E-state index in [1.165, 1.54) is 36.1 Å². The molecular formula is C23H28N2O. The molecule has 1 fully saturated rings. The fraction of sp³-hybridized carbons (Fsp3) is 0.435. The fourth-order valence-corrected chi connectivity index (χ4v) is 5.08. The van der Waals surface area contributed by atoms with Gasteiger partial charge >= 0.3 is 0 Å². The molecule has 0 aromatic heterocycles. The smallest absolute Gasteiger partial charge is 0.111 e. The summed E-state index contributed by atoms with van der Waals surface area (Å²) in [6.07, 6.45) is 3.61. The molecule has 3 nitrogen and oxygen atoms in total. The Bertz CT molecular complexity index is 784. The number of nitrogens with zero attached hydrogens (tertiary/aromatic N) is 1. The van der Waals surface area contributed by atoms with Gasteiger partial charge in [-0.3, -0.25) is 5.43 Å². The van der Waals surface area contributed by atoms with Gasteiger partial charge in [-0.1, -0.05) is 67.1 Å². The minimum Gasteiger partial charge on any atom is -0.376 e. The van der Waals surface area contributed by atoms with Gasteiger partial charge in [-0.25, -0.2) is 0 Å². The minimum absolute atomic E-state index is 0.331. The third kappa shape index (κ3) is 2.49. The second-order valence-electron chi connectivity index (χ2n) is 8.01. The molecule has 1 saturated carbocycles. The van der Waals surface area contributed by atoms with Crippen molar-refractivity contribution in [3.05, 3.63) is 71.8 Å². The molecule has 2 aromatic carbocycles. The molecule has 2 aromatic rings. The molecule has 1 aliphatic heterocycles. The molecule has 1 aliphatic carbocycles. The van der Waals surface area contributed by atoms with Crippen LogP contribution in [0.1, 0.15) is 44.2 Å². The van der Waals surface area contributed by atoms with Gasteiger partial charge in [-0.05, 0) is 43.7 Å². The van der Waals surface area contributed by atoms with E-state index in [0.717, 1.165) is 0 Å². The lowest BCUT2D eigenvalue weighted by atomic mass is 9.63. The number of benzene rings is 2. The van der Waals surface area contributed by atoms with Gasteiger partial charge in [-0.15, -0.1) is 0 Å². The van der Waals surface area contributed by atoms with Gasteiger partial charge in [0.25, 0.3) is 0 Å². The van der Waals surface area contributed by atoms with Gasteiger partial charge in [0.15, 0.2) is 0 Å². The van der Waals surface area contributed by atoms with Crippen molar-refractivity contribution in [3.63, 3.8) is 0 Å². The highest BCUT2D eigenvalue weighted by Gasteiger charge is 2.58. The van der Waals surface area contributed by atoms with Gasteiger partial charge in [0.2, 0.25) is 0 Å². The summed E-state index contributed by atoms with van der Waals surface area (Å²) in [6, 6.07) is 21.3. The molecule has 0 spiro atoms. The van der Waals surface area contributed by atoms with E-state index in [1.54, 1.807) is 0 Å². The summed E-state index contributed by atoms with van der Waals surface area (Å²) in [5.74, 6) is 0.904. The molecule has 0 radical (unpaired) electrons. The van der Waals surface area contributed by atoms with Crippen LogP contribution in [-0.4, -0.2) is 18.4 Å². The van der Waals surface area contributed by atoms with E-state index >= 15 is 0 Å². The maximum Gasteiger partial charge on any atom is 0.111 e. The summed E-state index contributed by atoms with van der Waals surface area (Å²) in [6.45, 7) is 4.37. The molecule has 0 unspecified atom stereocenters. The number of ether oxygens (including phenoxy) is 1. The Morgan fingerprint density at radius 1 is 1.00 bits per heavy atom. The predicted octanol–water partition coefficient (Wildman–Crippen LogP) is 4.73. The average molecular weight is 348 g/mol. The molecule has 2 aliphatic rings. The van der Waals surface area contributed by atoms with Gasteiger partial charge in [0.1, 0.15) is 5.54 Å². The molecule has 4 rings (SSSR count). The molecule has 3 heteroatoms. The summed E-state index contributed by atoms with van der Waals surface area (Å²) >= 11 is 0. The third-order valence-electron chi connectivity index (χ3n) is 6.53. The lowest BCUT2D eigenvalue weighted by Crippen LogP contribution is -2.64. The standard InChI is InChI=1S/C23H28N2O/c1-22(2,26-3)23(18-13-8-5-9-14-18)20-16-10-15-19(20)21(24-25-23)17-11-6-4-7-12-17/h4-9,11-14,19-20,25H,10,15-16H2,1-3H3/t19-,20+,23+/m1/s1. The monoisotopic (exact) mass is 348 g/mol. The topological polar surface area (TPSA) is 33.6 Å². The average Bonchev–Trinajstić information content (AvgIpc) is 3.18. The number of hydrogen-bond acceptors (Lipinski definition) is 3. The highest BCUT2D eigenvalue weighted by molar-refractivity contribution is 6.03. The number of fused-ring (bicyclic) bond motifs is 1. The molecule has 0 bridgehead atoms. The Labute approximate surface area is 156 Å². The SMILES string of the molecule is COC(C)(C)[C@@]1(c2ccccc2)NN=C(c2ccccc2)[C@@H]2CCC[C@@H]21. The van der Waals surface area contributed by atoms with Crippen molar-refractivity contribution in [1.29, 1.82) is 0 Å². The minimum atomic E-state index is -0.382. The van der Waals surface area contributed by atoms with Gasteiger partial charge in [0.05, 0.1) is 11.3 Å². The molecule has 136 valence electrons. The highest BCUT2D eigenvalue weighted by Crippen LogP contribution is 2.53. The summed E-state index contributed by atoms with van der Waals surface area (Å²) in [7, 11) is 1.81. The van der Waals surface area contributed by atoms with E-state index in [-0.39, 0.29) is 11.1 Å². The van der Waals surface area contributed by atoms with E-state index in [4.69, 9.17) is 9.84 Å². The van der Waals surface area contributed by atoms with E-state index in [2.05, 4.69) is 79.9 Å². The number of hydrogen-bond donors (Lipinski definition) is 1. The highest BCUT2D eigenvalue weighted by atomic mass is 16.5. The molecule has 3 atom stereocenters. The quantitative estimate of drug-likeness (QED) is 0.866. The number of nitrogens with one attached hydrogen (secondary N) is 1. The van der Waals surface area contributed by atoms with Crippen molar-refractivity contribution >= 4 is 5.71 Å². The molecule has 1 N–H and O–H groups in total. The first kappa shape index (κ1) is 17.3. The van der Waals surface area contributed by atoms with Crippen LogP contribution in [0, 0.1) is 11.8 Å². The summed E-state index contributed by atoms with van der Waals surface area (Å²) in [4.78, 5) is 0. The van der Waals surface area contributed by atoms with Crippen molar-refractivity contribution in [2.45, 2.75) is 44.2 Å². The van der Waals surface area contributed by atoms with Crippen LogP contribution in [0.3, 0.4) is 0 Å².